The zero-order valence-electron chi connectivity index (χ0n) is 12.5. The smallest absolute Gasteiger partial charge is 0.339 e. The van der Waals surface area contributed by atoms with Gasteiger partial charge in [-0.15, -0.1) is 0 Å². The molecule has 0 unspecified atom stereocenters. The van der Waals surface area contributed by atoms with E-state index in [4.69, 9.17) is 15.0 Å². The summed E-state index contributed by atoms with van der Waals surface area (Å²) in [5, 5.41) is 8.77. The molecule has 0 aliphatic carbocycles. The van der Waals surface area contributed by atoms with Crippen LogP contribution in [0, 0.1) is 6.92 Å². The van der Waals surface area contributed by atoms with Crippen LogP contribution in [0.5, 0.6) is 5.75 Å². The van der Waals surface area contributed by atoms with Gasteiger partial charge in [0.15, 0.2) is 0 Å². The van der Waals surface area contributed by atoms with Crippen molar-refractivity contribution in [3.05, 3.63) is 59.7 Å². The van der Waals surface area contributed by atoms with Crippen molar-refractivity contribution in [1.29, 1.82) is 0 Å². The van der Waals surface area contributed by atoms with Crippen molar-refractivity contribution in [3.8, 4) is 5.75 Å². The third-order valence-electron chi connectivity index (χ3n) is 3.21. The molecule has 0 radical (unpaired) electrons. The highest BCUT2D eigenvalue weighted by Crippen LogP contribution is 2.20. The van der Waals surface area contributed by atoms with E-state index in [0.717, 1.165) is 5.56 Å². The lowest BCUT2D eigenvalue weighted by Gasteiger charge is -2.09. The summed E-state index contributed by atoms with van der Waals surface area (Å²) in [5.41, 5.74) is 7.08. The van der Waals surface area contributed by atoms with Gasteiger partial charge in [-0.05, 0) is 43.2 Å². The fourth-order valence-electron chi connectivity index (χ4n) is 1.90. The minimum Gasteiger partial charge on any atom is -0.480 e. The number of carboxylic acids is 1. The average Bonchev–Trinajstić information content (AvgIpc) is 2.49. The van der Waals surface area contributed by atoms with Crippen LogP contribution >= 0.6 is 0 Å². The number of carboxylic acid groups (broad SMARTS) is 1. The van der Waals surface area contributed by atoms with Gasteiger partial charge in [0.25, 0.3) is 0 Å². The number of hydrogen-bond acceptors (Lipinski definition) is 5. The van der Waals surface area contributed by atoms with Gasteiger partial charge in [-0.2, -0.15) is 8.42 Å². The lowest BCUT2D eigenvalue weighted by Crippen LogP contribution is -2.32. The molecule has 2 rings (SSSR count). The molecule has 0 saturated carbocycles. The first kappa shape index (κ1) is 17.0. The fraction of sp³-hybridized carbons (Fsp3) is 0.188. The lowest BCUT2D eigenvalue weighted by molar-refractivity contribution is -0.138. The zero-order valence-corrected chi connectivity index (χ0v) is 13.3. The summed E-state index contributed by atoms with van der Waals surface area (Å²) in [7, 11) is -3.90. The zero-order chi connectivity index (χ0) is 17.0. The molecule has 122 valence electrons. The first-order chi connectivity index (χ1) is 10.8. The van der Waals surface area contributed by atoms with Crippen molar-refractivity contribution < 1.29 is 22.5 Å². The summed E-state index contributed by atoms with van der Waals surface area (Å²) in [5.74, 6) is -0.939. The van der Waals surface area contributed by atoms with Crippen molar-refractivity contribution in [2.75, 3.05) is 0 Å². The molecule has 7 heteroatoms. The van der Waals surface area contributed by atoms with Gasteiger partial charge in [-0.1, -0.05) is 29.8 Å². The number of aryl methyl sites for hydroxylation is 1. The predicted molar refractivity (Wildman–Crippen MR) is 84.8 cm³/mol. The van der Waals surface area contributed by atoms with Gasteiger partial charge < -0.3 is 15.0 Å². The average molecular weight is 335 g/mol. The standard InChI is InChI=1S/C16H17NO5S/c1-11-2-8-14(9-3-11)23(20,21)22-13-6-4-12(5-7-13)10-15(17)16(18)19/h2-9,15H,10,17H2,1H3,(H,18,19)/t15-/m0/s1. The molecule has 0 aliphatic heterocycles. The van der Waals surface area contributed by atoms with Gasteiger partial charge in [0.1, 0.15) is 16.7 Å². The molecule has 0 aliphatic rings. The molecule has 0 aromatic heterocycles. The first-order valence-electron chi connectivity index (χ1n) is 6.86. The summed E-state index contributed by atoms with van der Waals surface area (Å²) in [6, 6.07) is 11.4. The maximum atomic E-state index is 12.1. The Morgan fingerprint density at radius 3 is 2.22 bits per heavy atom. The first-order valence-corrected chi connectivity index (χ1v) is 8.27. The minimum atomic E-state index is -3.90. The van der Waals surface area contributed by atoms with Crippen LogP contribution in [0.15, 0.2) is 53.4 Å². The van der Waals surface area contributed by atoms with Crippen LogP contribution in [-0.2, 0) is 21.3 Å². The second-order valence-corrected chi connectivity index (χ2v) is 6.69. The third-order valence-corrected chi connectivity index (χ3v) is 4.47. The van der Waals surface area contributed by atoms with E-state index in [1.807, 2.05) is 6.92 Å². The van der Waals surface area contributed by atoms with Crippen molar-refractivity contribution >= 4 is 16.1 Å². The van der Waals surface area contributed by atoms with Crippen LogP contribution in [0.2, 0.25) is 0 Å². The Morgan fingerprint density at radius 2 is 1.70 bits per heavy atom. The summed E-state index contributed by atoms with van der Waals surface area (Å²) in [6.07, 6.45) is 0.153. The Morgan fingerprint density at radius 1 is 1.13 bits per heavy atom. The number of aliphatic carboxylic acids is 1. The van der Waals surface area contributed by atoms with Crippen molar-refractivity contribution in [2.45, 2.75) is 24.3 Å². The highest BCUT2D eigenvalue weighted by atomic mass is 32.2. The van der Waals surface area contributed by atoms with Crippen LogP contribution in [0.3, 0.4) is 0 Å². The molecule has 0 fully saturated rings. The summed E-state index contributed by atoms with van der Waals surface area (Å²) >= 11 is 0. The van der Waals surface area contributed by atoms with Crippen LogP contribution in [-0.4, -0.2) is 25.5 Å². The molecule has 1 atom stereocenters. The highest BCUT2D eigenvalue weighted by molar-refractivity contribution is 7.87. The molecular weight excluding hydrogens is 318 g/mol. The minimum absolute atomic E-state index is 0.0695. The highest BCUT2D eigenvalue weighted by Gasteiger charge is 2.17. The Hall–Kier alpha value is -2.38. The molecule has 2 aromatic rings. The predicted octanol–water partition coefficient (Wildman–Crippen LogP) is 1.72. The van der Waals surface area contributed by atoms with Gasteiger partial charge in [-0.25, -0.2) is 0 Å². The van der Waals surface area contributed by atoms with Crippen LogP contribution in [0.25, 0.3) is 0 Å². The fourth-order valence-corrected chi connectivity index (χ4v) is 2.83. The second kappa shape index (κ2) is 6.80. The van der Waals surface area contributed by atoms with Crippen LogP contribution < -0.4 is 9.92 Å². The summed E-state index contributed by atoms with van der Waals surface area (Å²) in [4.78, 5) is 10.8. The third kappa shape index (κ3) is 4.54. The van der Waals surface area contributed by atoms with Crippen LogP contribution in [0.1, 0.15) is 11.1 Å². The molecule has 0 spiro atoms. The maximum absolute atomic E-state index is 12.1. The van der Waals surface area contributed by atoms with E-state index >= 15 is 0 Å². The van der Waals surface area contributed by atoms with E-state index in [1.165, 1.54) is 24.3 Å². The number of carbonyl (C=O) groups is 1. The Bertz CT molecular complexity index is 782. The van der Waals surface area contributed by atoms with E-state index in [1.54, 1.807) is 24.3 Å². The molecule has 23 heavy (non-hydrogen) atoms. The molecule has 3 N–H and O–H groups in total. The molecule has 0 bridgehead atoms. The normalized spacial score (nSPS) is 12.6. The van der Waals surface area contributed by atoms with E-state index in [0.29, 0.717) is 5.56 Å². The van der Waals surface area contributed by atoms with E-state index in [9.17, 15) is 13.2 Å². The number of rotatable bonds is 6. The lowest BCUT2D eigenvalue weighted by atomic mass is 10.1. The monoisotopic (exact) mass is 335 g/mol. The molecule has 0 saturated heterocycles. The van der Waals surface area contributed by atoms with Crippen LogP contribution in [0.4, 0.5) is 0 Å². The van der Waals surface area contributed by atoms with Gasteiger partial charge in [0.05, 0.1) is 0 Å². The van der Waals surface area contributed by atoms with Crippen molar-refractivity contribution in [2.24, 2.45) is 5.73 Å². The quantitative estimate of drug-likeness (QED) is 0.778. The van der Waals surface area contributed by atoms with E-state index < -0.39 is 22.1 Å². The Kier molecular flexibility index (Phi) is 5.02. The van der Waals surface area contributed by atoms with E-state index in [-0.39, 0.29) is 17.1 Å². The Labute approximate surface area is 134 Å². The molecule has 0 heterocycles. The van der Waals surface area contributed by atoms with Gasteiger partial charge in [-0.3, -0.25) is 4.79 Å². The van der Waals surface area contributed by atoms with Crippen molar-refractivity contribution in [3.63, 3.8) is 0 Å². The largest absolute Gasteiger partial charge is 0.480 e. The molecule has 0 amide bonds. The molecule has 2 aromatic carbocycles. The van der Waals surface area contributed by atoms with Crippen molar-refractivity contribution in [1.82, 2.24) is 0 Å². The SMILES string of the molecule is Cc1ccc(S(=O)(=O)Oc2ccc(C[C@H](N)C(=O)O)cc2)cc1. The van der Waals surface area contributed by atoms with Gasteiger partial charge >= 0.3 is 16.1 Å². The summed E-state index contributed by atoms with van der Waals surface area (Å²) in [6.45, 7) is 1.86. The Balaban J connectivity index is 2.11. The second-order valence-electron chi connectivity index (χ2n) is 5.14. The molecular formula is C16H17NO5S. The summed E-state index contributed by atoms with van der Waals surface area (Å²) < 4.78 is 29.3. The van der Waals surface area contributed by atoms with Gasteiger partial charge in [0, 0.05) is 0 Å². The van der Waals surface area contributed by atoms with E-state index in [2.05, 4.69) is 0 Å². The number of hydrogen-bond donors (Lipinski definition) is 2. The number of nitrogens with two attached hydrogens (primary N) is 1. The topological polar surface area (TPSA) is 107 Å². The molecule has 6 nitrogen and oxygen atoms in total. The number of benzene rings is 2. The maximum Gasteiger partial charge on any atom is 0.339 e. The van der Waals surface area contributed by atoms with Gasteiger partial charge in [0.2, 0.25) is 0 Å².